The van der Waals surface area contributed by atoms with E-state index in [0.29, 0.717) is 12.3 Å². The van der Waals surface area contributed by atoms with E-state index in [1.54, 1.807) is 14.2 Å². The number of allylic oxidation sites excluding steroid dienone is 1. The van der Waals surface area contributed by atoms with Gasteiger partial charge in [0.15, 0.2) is 0 Å². The van der Waals surface area contributed by atoms with E-state index in [9.17, 15) is 14.9 Å². The Bertz CT molecular complexity index is 1410. The van der Waals surface area contributed by atoms with Crippen LogP contribution in [0, 0.1) is 16.0 Å². The van der Waals surface area contributed by atoms with Gasteiger partial charge in [-0.2, -0.15) is 10.2 Å². The number of carbonyl (C=O) groups is 1. The number of aryl methyl sites for hydroxylation is 1. The Kier molecular flexibility index (Phi) is 6.95. The van der Waals surface area contributed by atoms with Crippen molar-refractivity contribution in [2.45, 2.75) is 38.8 Å². The van der Waals surface area contributed by atoms with E-state index in [4.69, 9.17) is 14.6 Å². The number of nitrogens with zero attached hydrogens (tertiary/aromatic N) is 5. The minimum Gasteiger partial charge on any atom is -0.497 e. The van der Waals surface area contributed by atoms with Crippen molar-refractivity contribution in [2.24, 2.45) is 11.0 Å². The van der Waals surface area contributed by atoms with Gasteiger partial charge in [-0.1, -0.05) is 24.3 Å². The summed E-state index contributed by atoms with van der Waals surface area (Å²) in [7, 11) is 3.23. The molecule has 5 rings (SSSR count). The van der Waals surface area contributed by atoms with Gasteiger partial charge in [-0.05, 0) is 73.2 Å². The summed E-state index contributed by atoms with van der Waals surface area (Å²) >= 11 is 0. The maximum atomic E-state index is 13.9. The Morgan fingerprint density at radius 3 is 2.37 bits per heavy atom. The molecule has 0 spiro atoms. The van der Waals surface area contributed by atoms with Crippen LogP contribution in [0.2, 0.25) is 0 Å². The Morgan fingerprint density at radius 2 is 1.76 bits per heavy atom. The standard InChI is InChI=1S/C28H29N5O5/c1-4-31-17-24(33(35)36)26(29-31)28(34)32-27(19-10-14-22(38-3)15-11-19)23-7-5-6-20(25(23)30-32)16-18-8-12-21(37-2)13-9-18/h8-17,23,27H,4-7H2,1-3H3/t23-,27+/m1/s1. The van der Waals surface area contributed by atoms with E-state index < -0.39 is 16.9 Å². The van der Waals surface area contributed by atoms with Crippen molar-refractivity contribution < 1.29 is 19.2 Å². The largest absolute Gasteiger partial charge is 0.497 e. The van der Waals surface area contributed by atoms with Gasteiger partial charge >= 0.3 is 11.6 Å². The minimum absolute atomic E-state index is 0.0575. The van der Waals surface area contributed by atoms with E-state index in [1.807, 2.05) is 55.5 Å². The second-order valence-corrected chi connectivity index (χ2v) is 9.27. The monoisotopic (exact) mass is 515 g/mol. The molecular weight excluding hydrogens is 486 g/mol. The summed E-state index contributed by atoms with van der Waals surface area (Å²) in [6, 6.07) is 14.9. The number of hydrogen-bond acceptors (Lipinski definition) is 7. The van der Waals surface area contributed by atoms with Crippen LogP contribution < -0.4 is 9.47 Å². The number of methoxy groups -OCH3 is 2. The summed E-state index contributed by atoms with van der Waals surface area (Å²) in [5, 5.41) is 22.2. The van der Waals surface area contributed by atoms with E-state index in [2.05, 4.69) is 11.2 Å². The van der Waals surface area contributed by atoms with Gasteiger partial charge < -0.3 is 9.47 Å². The summed E-state index contributed by atoms with van der Waals surface area (Å²) in [6.07, 6.45) is 5.98. The Morgan fingerprint density at radius 1 is 1.11 bits per heavy atom. The van der Waals surface area contributed by atoms with Gasteiger partial charge in [0.25, 0.3) is 0 Å². The van der Waals surface area contributed by atoms with Crippen molar-refractivity contribution in [1.82, 2.24) is 14.8 Å². The first kappa shape index (κ1) is 25.2. The minimum atomic E-state index is -0.588. The van der Waals surface area contributed by atoms with Crippen LogP contribution in [0.1, 0.15) is 53.8 Å². The van der Waals surface area contributed by atoms with Crippen LogP contribution in [-0.2, 0) is 6.54 Å². The number of ether oxygens (including phenoxy) is 2. The third kappa shape index (κ3) is 4.65. The molecule has 1 aliphatic heterocycles. The molecule has 1 saturated carbocycles. The lowest BCUT2D eigenvalue weighted by Gasteiger charge is -2.29. The summed E-state index contributed by atoms with van der Waals surface area (Å²) in [4.78, 5) is 25.1. The summed E-state index contributed by atoms with van der Waals surface area (Å²) in [5.41, 5.74) is 3.24. The molecule has 1 aliphatic carbocycles. The first-order valence-corrected chi connectivity index (χ1v) is 12.6. The van der Waals surface area contributed by atoms with Crippen molar-refractivity contribution in [2.75, 3.05) is 14.2 Å². The summed E-state index contributed by atoms with van der Waals surface area (Å²) in [6.45, 7) is 2.22. The topological polar surface area (TPSA) is 112 Å². The van der Waals surface area contributed by atoms with Crippen LogP contribution in [-0.4, -0.2) is 45.6 Å². The van der Waals surface area contributed by atoms with E-state index >= 15 is 0 Å². The van der Waals surface area contributed by atoms with Gasteiger partial charge in [0.05, 0.1) is 30.9 Å². The Labute approximate surface area is 220 Å². The molecule has 2 aromatic carbocycles. The summed E-state index contributed by atoms with van der Waals surface area (Å²) in [5.74, 6) is 0.830. The molecule has 10 heteroatoms. The van der Waals surface area contributed by atoms with Crippen molar-refractivity contribution in [3.05, 3.63) is 87.2 Å². The molecule has 1 fully saturated rings. The summed E-state index contributed by atoms with van der Waals surface area (Å²) < 4.78 is 12.0. The molecule has 0 bridgehead atoms. The van der Waals surface area contributed by atoms with Gasteiger partial charge in [0.1, 0.15) is 17.7 Å². The fraction of sp³-hybridized carbons (Fsp3) is 0.321. The highest BCUT2D eigenvalue weighted by Crippen LogP contribution is 2.45. The lowest BCUT2D eigenvalue weighted by molar-refractivity contribution is -0.385. The normalized spacial score (nSPS) is 19.7. The second-order valence-electron chi connectivity index (χ2n) is 9.27. The molecule has 2 heterocycles. The SMILES string of the molecule is CCn1cc([N+](=O)[O-])c(C(=O)N2N=C3C(=Cc4ccc(OC)cc4)CCC[C@H]3[C@@H]2c2ccc(OC)cc2)n1. The lowest BCUT2D eigenvalue weighted by Crippen LogP contribution is -2.32. The van der Waals surface area contributed by atoms with Crippen molar-refractivity contribution in [3.8, 4) is 11.5 Å². The highest BCUT2D eigenvalue weighted by molar-refractivity contribution is 6.09. The predicted molar refractivity (Wildman–Crippen MR) is 142 cm³/mol. The zero-order valence-electron chi connectivity index (χ0n) is 21.5. The van der Waals surface area contributed by atoms with E-state index in [1.165, 1.54) is 15.9 Å². The maximum Gasteiger partial charge on any atom is 0.320 e. The van der Waals surface area contributed by atoms with Gasteiger partial charge in [-0.3, -0.25) is 19.6 Å². The number of nitro groups is 1. The van der Waals surface area contributed by atoms with Crippen LogP contribution in [0.4, 0.5) is 5.69 Å². The number of fused-ring (bicyclic) bond motifs is 1. The first-order valence-electron chi connectivity index (χ1n) is 12.6. The van der Waals surface area contributed by atoms with Crippen molar-refractivity contribution in [3.63, 3.8) is 0 Å². The zero-order valence-corrected chi connectivity index (χ0v) is 21.5. The quantitative estimate of drug-likeness (QED) is 0.313. The van der Waals surface area contributed by atoms with E-state index in [-0.39, 0.29) is 17.3 Å². The highest BCUT2D eigenvalue weighted by Gasteiger charge is 2.45. The average molecular weight is 516 g/mol. The molecule has 3 aromatic rings. The number of hydrogen-bond donors (Lipinski definition) is 0. The first-order chi connectivity index (χ1) is 18.4. The van der Waals surface area contributed by atoms with Crippen LogP contribution in [0.5, 0.6) is 11.5 Å². The lowest BCUT2D eigenvalue weighted by atomic mass is 9.77. The molecule has 1 amide bonds. The van der Waals surface area contributed by atoms with Gasteiger partial charge in [0, 0.05) is 12.5 Å². The number of amides is 1. The molecule has 1 aromatic heterocycles. The van der Waals surface area contributed by atoms with Gasteiger partial charge in [-0.25, -0.2) is 5.01 Å². The van der Waals surface area contributed by atoms with Gasteiger partial charge in [-0.15, -0.1) is 0 Å². The number of aromatic nitrogens is 2. The molecule has 38 heavy (non-hydrogen) atoms. The third-order valence-corrected chi connectivity index (χ3v) is 7.09. The molecule has 0 N–H and O–H groups in total. The molecule has 10 nitrogen and oxygen atoms in total. The molecule has 2 atom stereocenters. The second kappa shape index (κ2) is 10.5. The maximum absolute atomic E-state index is 13.9. The Hall–Kier alpha value is -4.47. The average Bonchev–Trinajstić information content (AvgIpc) is 3.56. The van der Waals surface area contributed by atoms with Crippen LogP contribution in [0.15, 0.2) is 65.4 Å². The molecule has 0 radical (unpaired) electrons. The molecule has 196 valence electrons. The van der Waals surface area contributed by atoms with Crippen LogP contribution >= 0.6 is 0 Å². The van der Waals surface area contributed by atoms with E-state index in [0.717, 1.165) is 47.4 Å². The number of rotatable bonds is 7. The third-order valence-electron chi connectivity index (χ3n) is 7.09. The fourth-order valence-electron chi connectivity index (χ4n) is 5.17. The fourth-order valence-corrected chi connectivity index (χ4v) is 5.17. The smallest absolute Gasteiger partial charge is 0.320 e. The predicted octanol–water partition coefficient (Wildman–Crippen LogP) is 5.27. The van der Waals surface area contributed by atoms with Crippen LogP contribution in [0.25, 0.3) is 6.08 Å². The molecule has 0 unspecified atom stereocenters. The van der Waals surface area contributed by atoms with Crippen molar-refractivity contribution in [1.29, 1.82) is 0 Å². The Balaban J connectivity index is 1.59. The molecular formula is C28H29N5O5. The number of benzene rings is 2. The van der Waals surface area contributed by atoms with Crippen LogP contribution in [0.3, 0.4) is 0 Å². The number of carbonyl (C=O) groups excluding carboxylic acids is 1. The zero-order chi connectivity index (χ0) is 26.8. The van der Waals surface area contributed by atoms with Crippen molar-refractivity contribution >= 4 is 23.4 Å². The highest BCUT2D eigenvalue weighted by atomic mass is 16.6. The molecule has 0 saturated heterocycles. The number of hydrazone groups is 1. The molecule has 2 aliphatic rings. The van der Waals surface area contributed by atoms with Gasteiger partial charge in [0.2, 0.25) is 5.69 Å².